The maximum absolute atomic E-state index is 12.6. The van der Waals surface area contributed by atoms with Crippen LogP contribution in [0.2, 0.25) is 0 Å². The number of nitrogens with zero attached hydrogens (tertiary/aromatic N) is 6. The van der Waals surface area contributed by atoms with Crippen LogP contribution < -0.4 is 9.64 Å². The molecule has 5 rings (SSSR count). The Morgan fingerprint density at radius 2 is 1.62 bits per heavy atom. The van der Waals surface area contributed by atoms with Crippen molar-refractivity contribution in [1.82, 2.24) is 24.7 Å². The highest BCUT2D eigenvalue weighted by Gasteiger charge is 2.43. The van der Waals surface area contributed by atoms with Crippen molar-refractivity contribution >= 4 is 18.1 Å². The number of rotatable bonds is 7. The fourth-order valence-electron chi connectivity index (χ4n) is 5.49. The van der Waals surface area contributed by atoms with Crippen LogP contribution in [0.5, 0.6) is 5.88 Å². The van der Waals surface area contributed by atoms with Crippen molar-refractivity contribution < 1.29 is 23.8 Å². The molecular formula is C29H40N6O5. The van der Waals surface area contributed by atoms with Gasteiger partial charge < -0.3 is 28.9 Å². The Balaban J connectivity index is 1.05. The fourth-order valence-corrected chi connectivity index (χ4v) is 5.49. The molecule has 3 aliphatic rings. The second-order valence-corrected chi connectivity index (χ2v) is 11.6. The number of piperazine rings is 2. The summed E-state index contributed by atoms with van der Waals surface area (Å²) in [6, 6.07) is 11.8. The quantitative estimate of drug-likeness (QED) is 0.512. The molecule has 216 valence electrons. The number of aromatic nitrogens is 2. The van der Waals surface area contributed by atoms with E-state index in [9.17, 15) is 9.59 Å². The Morgan fingerprint density at radius 1 is 0.925 bits per heavy atom. The number of hydrogen-bond donors (Lipinski definition) is 0. The van der Waals surface area contributed by atoms with Crippen LogP contribution in [0.25, 0.3) is 0 Å². The Hall–Kier alpha value is -3.60. The topological polar surface area (TPSA) is 101 Å². The standard InChI is InChI=1S/C29H40N6O5/c1-29(2,3)40-28(37)34-19-23-9-10-24(20-34)35(23)26-30-12-11-25(31-26)38-18-17-32-13-15-33(16-14-32)27(36)39-21-22-7-5-4-6-8-22/h4-8,11-12,23-24H,9-10,13-21H2,1-3H3. The Kier molecular flexibility index (Phi) is 8.58. The van der Waals surface area contributed by atoms with E-state index in [0.29, 0.717) is 44.6 Å². The molecule has 1 aromatic carbocycles. The van der Waals surface area contributed by atoms with Crippen LogP contribution in [0.15, 0.2) is 42.6 Å². The smallest absolute Gasteiger partial charge is 0.410 e. The van der Waals surface area contributed by atoms with E-state index in [4.69, 9.17) is 19.2 Å². The van der Waals surface area contributed by atoms with Gasteiger partial charge in [0.1, 0.15) is 18.8 Å². The summed E-state index contributed by atoms with van der Waals surface area (Å²) in [6.07, 6.45) is 3.19. The summed E-state index contributed by atoms with van der Waals surface area (Å²) in [5, 5.41) is 0. The second-order valence-electron chi connectivity index (χ2n) is 11.6. The molecular weight excluding hydrogens is 512 g/mol. The van der Waals surface area contributed by atoms with Gasteiger partial charge in [-0.3, -0.25) is 4.90 Å². The predicted molar refractivity (Wildman–Crippen MR) is 149 cm³/mol. The van der Waals surface area contributed by atoms with E-state index >= 15 is 0 Å². The molecule has 4 heterocycles. The summed E-state index contributed by atoms with van der Waals surface area (Å²) in [5.74, 6) is 1.19. The van der Waals surface area contributed by atoms with Crippen molar-refractivity contribution in [3.05, 3.63) is 48.2 Å². The van der Waals surface area contributed by atoms with E-state index in [1.54, 1.807) is 17.2 Å². The molecule has 0 saturated carbocycles. The van der Waals surface area contributed by atoms with E-state index in [-0.39, 0.29) is 30.9 Å². The van der Waals surface area contributed by atoms with Crippen molar-refractivity contribution in [3.8, 4) is 5.88 Å². The molecule has 3 saturated heterocycles. The van der Waals surface area contributed by atoms with Gasteiger partial charge in [-0.25, -0.2) is 14.6 Å². The molecule has 0 N–H and O–H groups in total. The largest absolute Gasteiger partial charge is 0.476 e. The van der Waals surface area contributed by atoms with Crippen molar-refractivity contribution in [2.24, 2.45) is 0 Å². The van der Waals surface area contributed by atoms with E-state index in [0.717, 1.165) is 38.0 Å². The van der Waals surface area contributed by atoms with Crippen LogP contribution in [0, 0.1) is 0 Å². The predicted octanol–water partition coefficient (Wildman–Crippen LogP) is 3.40. The second kappa shape index (κ2) is 12.3. The van der Waals surface area contributed by atoms with Gasteiger partial charge in [-0.15, -0.1) is 0 Å². The van der Waals surface area contributed by atoms with Crippen molar-refractivity contribution in [3.63, 3.8) is 0 Å². The first-order chi connectivity index (χ1) is 19.2. The fraction of sp³-hybridized carbons (Fsp3) is 0.586. The van der Waals surface area contributed by atoms with Crippen LogP contribution in [0.1, 0.15) is 39.2 Å². The summed E-state index contributed by atoms with van der Waals surface area (Å²) < 4.78 is 17.0. The van der Waals surface area contributed by atoms with Gasteiger partial charge in [-0.1, -0.05) is 30.3 Å². The molecule has 0 aliphatic carbocycles. The lowest BCUT2D eigenvalue weighted by Crippen LogP contribution is -2.56. The minimum Gasteiger partial charge on any atom is -0.476 e. The molecule has 11 heteroatoms. The third-order valence-corrected chi connectivity index (χ3v) is 7.48. The van der Waals surface area contributed by atoms with Crippen molar-refractivity contribution in [1.29, 1.82) is 0 Å². The van der Waals surface area contributed by atoms with Crippen LogP contribution >= 0.6 is 0 Å². The van der Waals surface area contributed by atoms with Gasteiger partial charge in [0.05, 0.1) is 12.1 Å². The van der Waals surface area contributed by atoms with Crippen LogP contribution in [-0.4, -0.2) is 107 Å². The SMILES string of the molecule is CC(C)(C)OC(=O)N1CC2CCC(C1)N2c1nccc(OCCN2CCN(C(=O)OCc3ccccc3)CC2)n1. The molecule has 3 fully saturated rings. The average molecular weight is 553 g/mol. The third kappa shape index (κ3) is 7.12. The normalized spacial score (nSPS) is 21.3. The van der Waals surface area contributed by atoms with Crippen molar-refractivity contribution in [2.45, 2.75) is 57.9 Å². The van der Waals surface area contributed by atoms with Gasteiger partial charge in [-0.05, 0) is 39.2 Å². The molecule has 0 spiro atoms. The van der Waals surface area contributed by atoms with Gasteiger partial charge in [0.2, 0.25) is 11.8 Å². The van der Waals surface area contributed by atoms with E-state index in [1.165, 1.54) is 0 Å². The molecule has 2 amide bonds. The van der Waals surface area contributed by atoms with Crippen molar-refractivity contribution in [2.75, 3.05) is 57.3 Å². The number of ether oxygens (including phenoxy) is 3. The highest BCUT2D eigenvalue weighted by atomic mass is 16.6. The van der Waals surface area contributed by atoms with Gasteiger partial charge in [0, 0.05) is 58.1 Å². The van der Waals surface area contributed by atoms with E-state index < -0.39 is 5.60 Å². The molecule has 0 radical (unpaired) electrons. The van der Waals surface area contributed by atoms with Crippen LogP contribution in [-0.2, 0) is 16.1 Å². The zero-order chi connectivity index (χ0) is 28.1. The average Bonchev–Trinajstić information content (AvgIpc) is 3.20. The van der Waals surface area contributed by atoms with Gasteiger partial charge in [0.25, 0.3) is 0 Å². The number of anilines is 1. The third-order valence-electron chi connectivity index (χ3n) is 7.48. The molecule has 11 nitrogen and oxygen atoms in total. The number of likely N-dealkylation sites (tertiary alicyclic amines) is 1. The van der Waals surface area contributed by atoms with E-state index in [1.807, 2.05) is 56.0 Å². The Bertz CT molecular complexity index is 1140. The minimum atomic E-state index is -0.510. The lowest BCUT2D eigenvalue weighted by Gasteiger charge is -2.41. The Morgan fingerprint density at radius 3 is 2.30 bits per heavy atom. The highest BCUT2D eigenvalue weighted by molar-refractivity contribution is 5.69. The Labute approximate surface area is 236 Å². The first kappa shape index (κ1) is 27.9. The number of hydrogen-bond acceptors (Lipinski definition) is 9. The molecule has 2 bridgehead atoms. The summed E-state index contributed by atoms with van der Waals surface area (Å²) in [7, 11) is 0. The van der Waals surface area contributed by atoms with Crippen LogP contribution in [0.4, 0.5) is 15.5 Å². The summed E-state index contributed by atoms with van der Waals surface area (Å²) in [4.78, 5) is 42.3. The summed E-state index contributed by atoms with van der Waals surface area (Å²) in [6.45, 7) is 11.2. The summed E-state index contributed by atoms with van der Waals surface area (Å²) >= 11 is 0. The van der Waals surface area contributed by atoms with Gasteiger partial charge in [0.15, 0.2) is 0 Å². The lowest BCUT2D eigenvalue weighted by atomic mass is 10.2. The number of benzene rings is 1. The summed E-state index contributed by atoms with van der Waals surface area (Å²) in [5.41, 5.74) is 0.472. The maximum Gasteiger partial charge on any atom is 0.410 e. The number of amides is 2. The molecule has 2 atom stereocenters. The van der Waals surface area contributed by atoms with Crippen LogP contribution in [0.3, 0.4) is 0 Å². The number of carbonyl (C=O) groups excluding carboxylic acids is 2. The van der Waals surface area contributed by atoms with E-state index in [2.05, 4.69) is 14.8 Å². The first-order valence-corrected chi connectivity index (χ1v) is 14.2. The zero-order valence-corrected chi connectivity index (χ0v) is 23.7. The number of carbonyl (C=O) groups is 2. The van der Waals surface area contributed by atoms with Gasteiger partial charge >= 0.3 is 12.2 Å². The molecule has 3 aliphatic heterocycles. The zero-order valence-electron chi connectivity index (χ0n) is 23.7. The molecule has 2 aromatic rings. The minimum absolute atomic E-state index is 0.164. The molecule has 40 heavy (non-hydrogen) atoms. The molecule has 1 aromatic heterocycles. The lowest BCUT2D eigenvalue weighted by molar-refractivity contribution is 0.0208. The molecule has 2 unspecified atom stereocenters. The monoisotopic (exact) mass is 552 g/mol. The first-order valence-electron chi connectivity index (χ1n) is 14.2. The number of fused-ring (bicyclic) bond motifs is 2. The highest BCUT2D eigenvalue weighted by Crippen LogP contribution is 2.34. The van der Waals surface area contributed by atoms with Gasteiger partial charge in [-0.2, -0.15) is 4.98 Å². The maximum atomic E-state index is 12.6.